The normalized spacial score (nSPS) is 12.2. The molecule has 0 aromatic carbocycles. The Hall–Kier alpha value is -1.40. The zero-order chi connectivity index (χ0) is 13.4. The molecule has 1 rings (SSSR count). The van der Waals surface area contributed by atoms with Crippen molar-refractivity contribution in [3.63, 3.8) is 0 Å². The van der Waals surface area contributed by atoms with Crippen LogP contribution in [0, 0.1) is 0 Å². The predicted molar refractivity (Wildman–Crippen MR) is 73.2 cm³/mol. The fourth-order valence-electron chi connectivity index (χ4n) is 1.66. The fraction of sp³-hybridized carbons (Fsp3) is 0.667. The average molecular weight is 253 g/mol. The number of hydrazine groups is 1. The van der Waals surface area contributed by atoms with Crippen molar-refractivity contribution in [1.29, 1.82) is 0 Å². The molecule has 102 valence electrons. The Kier molecular flexibility index (Phi) is 6.38. The zero-order valence-electron chi connectivity index (χ0n) is 11.4. The first-order valence-corrected chi connectivity index (χ1v) is 6.38. The Labute approximate surface area is 108 Å². The van der Waals surface area contributed by atoms with Crippen LogP contribution in [0.15, 0.2) is 6.07 Å². The molecule has 0 aliphatic rings. The van der Waals surface area contributed by atoms with Crippen LogP contribution in [0.1, 0.15) is 39.4 Å². The summed E-state index contributed by atoms with van der Waals surface area (Å²) in [7, 11) is 0. The van der Waals surface area contributed by atoms with Crippen molar-refractivity contribution in [2.75, 3.05) is 17.3 Å². The van der Waals surface area contributed by atoms with Crippen molar-refractivity contribution in [3.8, 4) is 0 Å². The predicted octanol–water partition coefficient (Wildman–Crippen LogP) is 1.90. The number of nitrogens with zero attached hydrogens (tertiary/aromatic N) is 2. The molecule has 0 radical (unpaired) electrons. The summed E-state index contributed by atoms with van der Waals surface area (Å²) in [5.41, 5.74) is 2.54. The second-order valence-corrected chi connectivity index (χ2v) is 4.17. The standard InChI is InChI=1S/C12H23N5O/c1-4-6-9(3)14-10-7-11(17-13)16-12(15-10)8-18-5-2/h7,9H,4-6,8,13H2,1-3H3,(H2,14,15,16,17). The number of rotatable bonds is 8. The van der Waals surface area contributed by atoms with Gasteiger partial charge in [0.25, 0.3) is 0 Å². The van der Waals surface area contributed by atoms with Crippen LogP contribution >= 0.6 is 0 Å². The maximum Gasteiger partial charge on any atom is 0.158 e. The smallest absolute Gasteiger partial charge is 0.158 e. The summed E-state index contributed by atoms with van der Waals surface area (Å²) in [5.74, 6) is 7.38. The molecule has 1 unspecified atom stereocenters. The van der Waals surface area contributed by atoms with E-state index < -0.39 is 0 Å². The van der Waals surface area contributed by atoms with E-state index in [1.165, 1.54) is 0 Å². The van der Waals surface area contributed by atoms with Gasteiger partial charge in [-0.25, -0.2) is 15.8 Å². The monoisotopic (exact) mass is 253 g/mol. The Morgan fingerprint density at radius 2 is 2.06 bits per heavy atom. The highest BCUT2D eigenvalue weighted by atomic mass is 16.5. The van der Waals surface area contributed by atoms with Crippen molar-refractivity contribution in [3.05, 3.63) is 11.9 Å². The number of nitrogens with two attached hydrogens (primary N) is 1. The zero-order valence-corrected chi connectivity index (χ0v) is 11.4. The minimum atomic E-state index is 0.371. The maximum atomic E-state index is 5.40. The highest BCUT2D eigenvalue weighted by molar-refractivity contribution is 5.47. The lowest BCUT2D eigenvalue weighted by Gasteiger charge is -2.15. The third kappa shape index (κ3) is 4.85. The number of anilines is 2. The van der Waals surface area contributed by atoms with E-state index in [2.05, 4.69) is 34.6 Å². The molecule has 0 fully saturated rings. The number of nitrogens with one attached hydrogen (secondary N) is 2. The first-order chi connectivity index (χ1) is 8.69. The van der Waals surface area contributed by atoms with Crippen LogP contribution in [0.4, 0.5) is 11.6 Å². The SMILES string of the molecule is CCCC(C)Nc1cc(NN)nc(COCC)n1. The van der Waals surface area contributed by atoms with Gasteiger partial charge in [-0.05, 0) is 20.3 Å². The maximum absolute atomic E-state index is 5.40. The van der Waals surface area contributed by atoms with Crippen molar-refractivity contribution in [2.24, 2.45) is 5.84 Å². The van der Waals surface area contributed by atoms with Gasteiger partial charge in [-0.2, -0.15) is 0 Å². The Morgan fingerprint density at radius 3 is 2.67 bits per heavy atom. The lowest BCUT2D eigenvalue weighted by atomic mass is 10.2. The molecule has 0 saturated heterocycles. The second kappa shape index (κ2) is 7.84. The van der Waals surface area contributed by atoms with Crippen molar-refractivity contribution < 1.29 is 4.74 Å². The van der Waals surface area contributed by atoms with Gasteiger partial charge >= 0.3 is 0 Å². The minimum absolute atomic E-state index is 0.371. The van der Waals surface area contributed by atoms with Crippen molar-refractivity contribution in [2.45, 2.75) is 46.3 Å². The summed E-state index contributed by atoms with van der Waals surface area (Å²) in [5, 5.41) is 3.33. The van der Waals surface area contributed by atoms with E-state index in [1.54, 1.807) is 6.07 Å². The highest BCUT2D eigenvalue weighted by Gasteiger charge is 2.06. The summed E-state index contributed by atoms with van der Waals surface area (Å²) < 4.78 is 5.31. The van der Waals surface area contributed by atoms with Gasteiger partial charge in [-0.3, -0.25) is 0 Å². The molecule has 0 saturated carbocycles. The Morgan fingerprint density at radius 1 is 1.33 bits per heavy atom. The van der Waals surface area contributed by atoms with Gasteiger partial charge in [0, 0.05) is 18.7 Å². The van der Waals surface area contributed by atoms with E-state index in [-0.39, 0.29) is 0 Å². The van der Waals surface area contributed by atoms with Crippen LogP contribution in [0.3, 0.4) is 0 Å². The van der Waals surface area contributed by atoms with Gasteiger partial charge in [0.15, 0.2) is 5.82 Å². The molecular weight excluding hydrogens is 230 g/mol. The van der Waals surface area contributed by atoms with Crippen LogP contribution < -0.4 is 16.6 Å². The summed E-state index contributed by atoms with van der Waals surface area (Å²) in [6.45, 7) is 7.25. The number of hydrogen-bond acceptors (Lipinski definition) is 6. The van der Waals surface area contributed by atoms with Gasteiger partial charge in [-0.15, -0.1) is 0 Å². The molecule has 0 aliphatic carbocycles. The first-order valence-electron chi connectivity index (χ1n) is 6.38. The minimum Gasteiger partial charge on any atom is -0.374 e. The molecule has 0 spiro atoms. The number of ether oxygens (including phenoxy) is 1. The molecule has 0 amide bonds. The van der Waals surface area contributed by atoms with E-state index in [0.717, 1.165) is 18.7 Å². The molecule has 1 aromatic rings. The summed E-state index contributed by atoms with van der Waals surface area (Å²) in [4.78, 5) is 8.63. The van der Waals surface area contributed by atoms with E-state index in [0.29, 0.717) is 30.9 Å². The molecule has 6 nitrogen and oxygen atoms in total. The van der Waals surface area contributed by atoms with Crippen LogP contribution in [0.25, 0.3) is 0 Å². The van der Waals surface area contributed by atoms with E-state index in [1.807, 2.05) is 6.92 Å². The highest BCUT2D eigenvalue weighted by Crippen LogP contribution is 2.13. The second-order valence-electron chi connectivity index (χ2n) is 4.17. The van der Waals surface area contributed by atoms with Crippen LogP contribution in [0.2, 0.25) is 0 Å². The van der Waals surface area contributed by atoms with Crippen LogP contribution in [0.5, 0.6) is 0 Å². The lowest BCUT2D eigenvalue weighted by molar-refractivity contribution is 0.128. The average Bonchev–Trinajstić information content (AvgIpc) is 2.36. The largest absolute Gasteiger partial charge is 0.374 e. The topological polar surface area (TPSA) is 85.1 Å². The van der Waals surface area contributed by atoms with Crippen LogP contribution in [-0.4, -0.2) is 22.6 Å². The van der Waals surface area contributed by atoms with Gasteiger partial charge in [0.1, 0.15) is 18.2 Å². The van der Waals surface area contributed by atoms with E-state index in [9.17, 15) is 0 Å². The summed E-state index contributed by atoms with van der Waals surface area (Å²) >= 11 is 0. The molecule has 4 N–H and O–H groups in total. The van der Waals surface area contributed by atoms with Gasteiger partial charge < -0.3 is 15.5 Å². The molecule has 18 heavy (non-hydrogen) atoms. The first kappa shape index (κ1) is 14.7. The summed E-state index contributed by atoms with van der Waals surface area (Å²) in [6.07, 6.45) is 2.23. The quantitative estimate of drug-likeness (QED) is 0.484. The molecule has 0 bridgehead atoms. The molecule has 1 heterocycles. The van der Waals surface area contributed by atoms with E-state index >= 15 is 0 Å². The molecule has 1 aromatic heterocycles. The lowest BCUT2D eigenvalue weighted by Crippen LogP contribution is -2.18. The van der Waals surface area contributed by atoms with Crippen LogP contribution in [-0.2, 0) is 11.3 Å². The Bertz CT molecular complexity index is 358. The number of aromatic nitrogens is 2. The third-order valence-corrected chi connectivity index (χ3v) is 2.47. The number of nitrogen functional groups attached to an aromatic ring is 1. The Balaban J connectivity index is 2.76. The fourth-order valence-corrected chi connectivity index (χ4v) is 1.66. The van der Waals surface area contributed by atoms with Gasteiger partial charge in [0.05, 0.1) is 0 Å². The molecule has 0 aliphatic heterocycles. The number of hydrogen-bond donors (Lipinski definition) is 3. The molecule has 6 heteroatoms. The van der Waals surface area contributed by atoms with Crippen molar-refractivity contribution in [1.82, 2.24) is 9.97 Å². The van der Waals surface area contributed by atoms with E-state index in [4.69, 9.17) is 10.6 Å². The molecule has 1 atom stereocenters. The third-order valence-electron chi connectivity index (χ3n) is 2.47. The van der Waals surface area contributed by atoms with Crippen molar-refractivity contribution >= 4 is 11.6 Å². The molecular formula is C12H23N5O. The summed E-state index contributed by atoms with van der Waals surface area (Å²) in [6, 6.07) is 2.16. The van der Waals surface area contributed by atoms with Gasteiger partial charge in [-0.1, -0.05) is 13.3 Å². The van der Waals surface area contributed by atoms with Gasteiger partial charge in [0.2, 0.25) is 0 Å².